The van der Waals surface area contributed by atoms with Crippen LogP contribution in [0.25, 0.3) is 22.2 Å². The van der Waals surface area contributed by atoms with Gasteiger partial charge in [-0.05, 0) is 54.3 Å². The molecule has 3 rings (SSSR count). The fraction of sp³-hybridized carbons (Fsp3) is 0.333. The lowest BCUT2D eigenvalue weighted by atomic mass is 10.0. The average molecular weight is 389 g/mol. The van der Waals surface area contributed by atoms with E-state index in [2.05, 4.69) is 17.1 Å². The van der Waals surface area contributed by atoms with Crippen LogP contribution in [-0.2, 0) is 11.2 Å². The van der Waals surface area contributed by atoms with Crippen LogP contribution in [0.1, 0.15) is 31.7 Å². The average Bonchev–Trinajstić information content (AvgIpc) is 3.14. The molecule has 0 bridgehead atoms. The summed E-state index contributed by atoms with van der Waals surface area (Å²) in [6.07, 6.45) is 2.55. The maximum atomic E-state index is 12.7. The first-order valence-electron chi connectivity index (χ1n) is 9.98. The second-order valence-electron chi connectivity index (χ2n) is 7.19. The SMILES string of the molecule is CCC[C@@H](C#N)N(C)C(=O)CCc1c(-c2ccc(OC)cc2)[nH]c2ccccc12. The number of nitriles is 1. The summed E-state index contributed by atoms with van der Waals surface area (Å²) in [5, 5.41) is 10.5. The van der Waals surface area contributed by atoms with Gasteiger partial charge in [0.15, 0.2) is 0 Å². The van der Waals surface area contributed by atoms with Gasteiger partial charge in [-0.25, -0.2) is 0 Å². The van der Waals surface area contributed by atoms with E-state index in [1.165, 1.54) is 0 Å². The lowest BCUT2D eigenvalue weighted by molar-refractivity contribution is -0.131. The van der Waals surface area contributed by atoms with Crippen molar-refractivity contribution in [1.29, 1.82) is 5.26 Å². The number of nitrogens with one attached hydrogen (secondary N) is 1. The number of aromatic amines is 1. The van der Waals surface area contributed by atoms with Crippen LogP contribution in [0, 0.1) is 11.3 Å². The third-order valence-corrected chi connectivity index (χ3v) is 5.35. The Labute approximate surface area is 171 Å². The van der Waals surface area contributed by atoms with Gasteiger partial charge in [0.05, 0.1) is 13.2 Å². The number of benzene rings is 2. The number of aromatic nitrogens is 1. The molecule has 150 valence electrons. The van der Waals surface area contributed by atoms with Crippen molar-refractivity contribution in [3.8, 4) is 23.1 Å². The zero-order valence-electron chi connectivity index (χ0n) is 17.2. The molecule has 0 spiro atoms. The van der Waals surface area contributed by atoms with Gasteiger partial charge in [0.25, 0.3) is 0 Å². The molecule has 0 radical (unpaired) electrons. The summed E-state index contributed by atoms with van der Waals surface area (Å²) in [5.41, 5.74) is 4.25. The number of rotatable bonds is 8. The minimum Gasteiger partial charge on any atom is -0.497 e. The number of fused-ring (bicyclic) bond motifs is 1. The molecule has 5 heteroatoms. The summed E-state index contributed by atoms with van der Waals surface area (Å²) in [6.45, 7) is 2.02. The van der Waals surface area contributed by atoms with Crippen molar-refractivity contribution in [3.05, 3.63) is 54.1 Å². The predicted octanol–water partition coefficient (Wildman–Crippen LogP) is 4.93. The standard InChI is InChI=1S/C24H27N3O2/c1-4-7-18(16-25)27(2)23(28)15-14-21-20-8-5-6-9-22(20)26-24(21)17-10-12-19(29-3)13-11-17/h5-6,8-13,18,26H,4,7,14-15H2,1-3H3/t18-/m0/s1. The van der Waals surface area contributed by atoms with Crippen molar-refractivity contribution in [1.82, 2.24) is 9.88 Å². The zero-order valence-corrected chi connectivity index (χ0v) is 17.2. The Kier molecular flexibility index (Phi) is 6.56. The van der Waals surface area contributed by atoms with Gasteiger partial charge in [0.1, 0.15) is 11.8 Å². The largest absolute Gasteiger partial charge is 0.497 e. The number of carbonyl (C=O) groups excluding carboxylic acids is 1. The molecule has 1 N–H and O–H groups in total. The monoisotopic (exact) mass is 389 g/mol. The second-order valence-corrected chi connectivity index (χ2v) is 7.19. The molecule has 0 fully saturated rings. The van der Waals surface area contributed by atoms with Crippen molar-refractivity contribution in [3.63, 3.8) is 0 Å². The Morgan fingerprint density at radius 2 is 1.93 bits per heavy atom. The van der Waals surface area contributed by atoms with E-state index < -0.39 is 0 Å². The molecule has 0 aliphatic carbocycles. The summed E-state index contributed by atoms with van der Waals surface area (Å²) < 4.78 is 5.27. The van der Waals surface area contributed by atoms with Crippen LogP contribution in [0.3, 0.4) is 0 Å². The van der Waals surface area contributed by atoms with Gasteiger partial charge in [0.2, 0.25) is 5.91 Å². The van der Waals surface area contributed by atoms with Crippen LogP contribution in [0.15, 0.2) is 48.5 Å². The minimum atomic E-state index is -0.364. The normalized spacial score (nSPS) is 11.8. The minimum absolute atomic E-state index is 0.00374. The molecule has 0 saturated heterocycles. The van der Waals surface area contributed by atoms with Crippen LogP contribution in [0.5, 0.6) is 5.75 Å². The summed E-state index contributed by atoms with van der Waals surface area (Å²) >= 11 is 0. The molecular formula is C24H27N3O2. The molecule has 3 aromatic rings. The Balaban J connectivity index is 1.88. The first-order chi connectivity index (χ1) is 14.1. The highest BCUT2D eigenvalue weighted by Gasteiger charge is 2.20. The van der Waals surface area contributed by atoms with Gasteiger partial charge in [-0.15, -0.1) is 0 Å². The van der Waals surface area contributed by atoms with Crippen LogP contribution in [0.2, 0.25) is 0 Å². The maximum Gasteiger partial charge on any atom is 0.223 e. The van der Waals surface area contributed by atoms with E-state index in [9.17, 15) is 10.1 Å². The Morgan fingerprint density at radius 3 is 2.59 bits per heavy atom. The van der Waals surface area contributed by atoms with Gasteiger partial charge in [0, 0.05) is 30.1 Å². The van der Waals surface area contributed by atoms with Gasteiger partial charge < -0.3 is 14.6 Å². The number of hydrogen-bond acceptors (Lipinski definition) is 3. The smallest absolute Gasteiger partial charge is 0.223 e. The topological polar surface area (TPSA) is 69.1 Å². The van der Waals surface area contributed by atoms with Crippen LogP contribution in [-0.4, -0.2) is 36.0 Å². The van der Waals surface area contributed by atoms with Crippen molar-refractivity contribution >= 4 is 16.8 Å². The highest BCUT2D eigenvalue weighted by molar-refractivity contribution is 5.91. The summed E-state index contributed by atoms with van der Waals surface area (Å²) in [6, 6.07) is 17.9. The zero-order chi connectivity index (χ0) is 20.8. The van der Waals surface area contributed by atoms with E-state index >= 15 is 0 Å². The molecule has 0 aliphatic heterocycles. The lowest BCUT2D eigenvalue weighted by Gasteiger charge is -2.22. The van der Waals surface area contributed by atoms with Gasteiger partial charge in [-0.1, -0.05) is 31.5 Å². The second kappa shape index (κ2) is 9.29. The summed E-state index contributed by atoms with van der Waals surface area (Å²) in [5.74, 6) is 0.803. The van der Waals surface area contributed by atoms with Gasteiger partial charge >= 0.3 is 0 Å². The highest BCUT2D eigenvalue weighted by atomic mass is 16.5. The number of H-pyrrole nitrogens is 1. The van der Waals surface area contributed by atoms with Crippen LogP contribution >= 0.6 is 0 Å². The molecule has 1 heterocycles. The number of carbonyl (C=O) groups is 1. The van der Waals surface area contributed by atoms with Crippen LogP contribution < -0.4 is 4.74 Å². The maximum absolute atomic E-state index is 12.7. The molecule has 1 aromatic heterocycles. The lowest BCUT2D eigenvalue weighted by Crippen LogP contribution is -2.36. The Bertz CT molecular complexity index is 1010. The molecule has 0 saturated carbocycles. The van der Waals surface area contributed by atoms with Crippen molar-refractivity contribution in [2.24, 2.45) is 0 Å². The number of amides is 1. The number of aryl methyl sites for hydroxylation is 1. The van der Waals surface area contributed by atoms with E-state index in [1.54, 1.807) is 19.1 Å². The van der Waals surface area contributed by atoms with E-state index in [0.717, 1.165) is 39.9 Å². The molecule has 5 nitrogen and oxygen atoms in total. The molecule has 1 atom stereocenters. The third kappa shape index (κ3) is 4.43. The van der Waals surface area contributed by atoms with E-state index in [0.29, 0.717) is 19.3 Å². The number of methoxy groups -OCH3 is 1. The molecule has 0 unspecified atom stereocenters. The molecule has 1 amide bonds. The molecule has 2 aromatic carbocycles. The fourth-order valence-electron chi connectivity index (χ4n) is 3.66. The van der Waals surface area contributed by atoms with Crippen molar-refractivity contribution in [2.75, 3.05) is 14.2 Å². The van der Waals surface area contributed by atoms with Crippen molar-refractivity contribution in [2.45, 2.75) is 38.6 Å². The first-order valence-corrected chi connectivity index (χ1v) is 9.98. The Morgan fingerprint density at radius 1 is 1.21 bits per heavy atom. The van der Waals surface area contributed by atoms with Gasteiger partial charge in [-0.2, -0.15) is 5.26 Å². The fourth-order valence-corrected chi connectivity index (χ4v) is 3.66. The number of para-hydroxylation sites is 1. The number of hydrogen-bond donors (Lipinski definition) is 1. The predicted molar refractivity (Wildman–Crippen MR) is 116 cm³/mol. The molecule has 0 aliphatic rings. The number of ether oxygens (including phenoxy) is 1. The highest BCUT2D eigenvalue weighted by Crippen LogP contribution is 2.32. The quantitative estimate of drug-likeness (QED) is 0.594. The summed E-state index contributed by atoms with van der Waals surface area (Å²) in [7, 11) is 3.38. The third-order valence-electron chi connectivity index (χ3n) is 5.35. The Hall–Kier alpha value is -3.26. The summed E-state index contributed by atoms with van der Waals surface area (Å²) in [4.78, 5) is 17.8. The van der Waals surface area contributed by atoms with Crippen LogP contribution in [0.4, 0.5) is 0 Å². The van der Waals surface area contributed by atoms with E-state index in [1.807, 2.05) is 49.4 Å². The number of nitrogens with zero attached hydrogens (tertiary/aromatic N) is 2. The van der Waals surface area contributed by atoms with Crippen molar-refractivity contribution < 1.29 is 9.53 Å². The van der Waals surface area contributed by atoms with E-state index in [-0.39, 0.29) is 11.9 Å². The van der Waals surface area contributed by atoms with Gasteiger partial charge in [-0.3, -0.25) is 4.79 Å². The molecular weight excluding hydrogens is 362 g/mol. The first kappa shape index (κ1) is 20.5. The van der Waals surface area contributed by atoms with E-state index in [4.69, 9.17) is 4.74 Å². The molecule has 29 heavy (non-hydrogen) atoms.